The Labute approximate surface area is 73.3 Å². The van der Waals surface area contributed by atoms with E-state index < -0.39 is 5.41 Å². The van der Waals surface area contributed by atoms with Crippen LogP contribution in [0.5, 0.6) is 0 Å². The highest BCUT2D eigenvalue weighted by Gasteiger charge is 2.20. The van der Waals surface area contributed by atoms with Gasteiger partial charge in [-0.15, -0.1) is 0 Å². The van der Waals surface area contributed by atoms with Crippen LogP contribution in [-0.2, 0) is 9.53 Å². The summed E-state index contributed by atoms with van der Waals surface area (Å²) in [5.41, 5.74) is -0.579. The molecule has 68 valence electrons. The van der Waals surface area contributed by atoms with Crippen molar-refractivity contribution in [2.75, 3.05) is 6.61 Å². The number of carbonyl (C=O) groups excluding carboxylic acids is 1. The van der Waals surface area contributed by atoms with Crippen LogP contribution in [0.3, 0.4) is 0 Å². The van der Waals surface area contributed by atoms with Gasteiger partial charge in [-0.1, -0.05) is 13.8 Å². The number of ether oxygens (including phenoxy) is 1. The molecule has 0 aliphatic heterocycles. The van der Waals surface area contributed by atoms with E-state index in [-0.39, 0.29) is 18.5 Å². The second-order valence-corrected chi connectivity index (χ2v) is 3.76. The lowest BCUT2D eigenvalue weighted by Gasteiger charge is -2.15. The summed E-state index contributed by atoms with van der Waals surface area (Å²) in [5, 5.41) is 8.60. The standard InChI is InChI=1S/C9H15NO2/c1-7(2)8(11)12-6-9(3,4)5-10/h7H,6H2,1-4H3. The number of hydrogen-bond acceptors (Lipinski definition) is 3. The fourth-order valence-corrected chi connectivity index (χ4v) is 0.450. The third-order valence-corrected chi connectivity index (χ3v) is 1.35. The predicted molar refractivity (Wildman–Crippen MR) is 45.2 cm³/mol. The lowest BCUT2D eigenvalue weighted by Crippen LogP contribution is -2.22. The van der Waals surface area contributed by atoms with E-state index in [1.54, 1.807) is 27.7 Å². The van der Waals surface area contributed by atoms with Crippen molar-refractivity contribution in [3.63, 3.8) is 0 Å². The Morgan fingerprint density at radius 1 is 1.58 bits per heavy atom. The quantitative estimate of drug-likeness (QED) is 0.604. The monoisotopic (exact) mass is 169 g/mol. The molecule has 0 saturated heterocycles. The molecule has 3 heteroatoms. The van der Waals surface area contributed by atoms with Crippen molar-refractivity contribution in [3.8, 4) is 6.07 Å². The van der Waals surface area contributed by atoms with Crippen LogP contribution in [0.15, 0.2) is 0 Å². The predicted octanol–water partition coefficient (Wildman–Crippen LogP) is 1.74. The van der Waals surface area contributed by atoms with Gasteiger partial charge in [-0.25, -0.2) is 0 Å². The smallest absolute Gasteiger partial charge is 0.308 e. The molecule has 0 rings (SSSR count). The third-order valence-electron chi connectivity index (χ3n) is 1.35. The Hall–Kier alpha value is -1.04. The van der Waals surface area contributed by atoms with Crippen LogP contribution in [0.25, 0.3) is 0 Å². The van der Waals surface area contributed by atoms with Crippen molar-refractivity contribution in [1.82, 2.24) is 0 Å². The maximum absolute atomic E-state index is 11.0. The molecule has 0 bridgehead atoms. The Kier molecular flexibility index (Phi) is 3.75. The molecule has 0 saturated carbocycles. The molecule has 0 aliphatic rings. The van der Waals surface area contributed by atoms with Gasteiger partial charge in [0.1, 0.15) is 6.61 Å². The molecule has 0 heterocycles. The molecule has 0 spiro atoms. The van der Waals surface area contributed by atoms with Gasteiger partial charge < -0.3 is 4.74 Å². The summed E-state index contributed by atoms with van der Waals surface area (Å²) in [6, 6.07) is 2.06. The SMILES string of the molecule is CC(C)C(=O)OCC(C)(C)C#N. The molecule has 12 heavy (non-hydrogen) atoms. The van der Waals surface area contributed by atoms with E-state index >= 15 is 0 Å². The molecular weight excluding hydrogens is 154 g/mol. The van der Waals surface area contributed by atoms with Gasteiger partial charge in [-0.2, -0.15) is 5.26 Å². The van der Waals surface area contributed by atoms with Crippen LogP contribution in [0, 0.1) is 22.7 Å². The van der Waals surface area contributed by atoms with Gasteiger partial charge in [-0.05, 0) is 13.8 Å². The zero-order valence-corrected chi connectivity index (χ0v) is 8.05. The summed E-state index contributed by atoms with van der Waals surface area (Å²) in [4.78, 5) is 11.0. The molecule has 0 aromatic carbocycles. The van der Waals surface area contributed by atoms with Gasteiger partial charge in [-0.3, -0.25) is 4.79 Å². The molecule has 0 aromatic rings. The number of nitrogens with zero attached hydrogens (tertiary/aromatic N) is 1. The third kappa shape index (κ3) is 3.97. The minimum atomic E-state index is -0.579. The first-order chi connectivity index (χ1) is 5.39. The van der Waals surface area contributed by atoms with Crippen LogP contribution in [-0.4, -0.2) is 12.6 Å². The topological polar surface area (TPSA) is 50.1 Å². The molecule has 0 atom stereocenters. The number of carbonyl (C=O) groups is 1. The molecule has 0 radical (unpaired) electrons. The lowest BCUT2D eigenvalue weighted by atomic mass is 9.98. The Bertz CT molecular complexity index is 201. The summed E-state index contributed by atoms with van der Waals surface area (Å²) in [6.07, 6.45) is 0. The van der Waals surface area contributed by atoms with Crippen LogP contribution in [0.1, 0.15) is 27.7 Å². The van der Waals surface area contributed by atoms with E-state index in [1.165, 1.54) is 0 Å². The van der Waals surface area contributed by atoms with E-state index in [4.69, 9.17) is 10.00 Å². The maximum Gasteiger partial charge on any atom is 0.308 e. The minimum Gasteiger partial charge on any atom is -0.464 e. The van der Waals surface area contributed by atoms with Gasteiger partial charge in [0, 0.05) is 0 Å². The van der Waals surface area contributed by atoms with Crippen LogP contribution in [0.2, 0.25) is 0 Å². The van der Waals surface area contributed by atoms with Crippen LogP contribution in [0.4, 0.5) is 0 Å². The largest absolute Gasteiger partial charge is 0.464 e. The first-order valence-electron chi connectivity index (χ1n) is 3.97. The fourth-order valence-electron chi connectivity index (χ4n) is 0.450. The molecule has 0 fully saturated rings. The zero-order chi connectivity index (χ0) is 9.78. The molecule has 0 aromatic heterocycles. The fraction of sp³-hybridized carbons (Fsp3) is 0.778. The Morgan fingerprint density at radius 3 is 2.42 bits per heavy atom. The van der Waals surface area contributed by atoms with Gasteiger partial charge in [0.25, 0.3) is 0 Å². The van der Waals surface area contributed by atoms with Crippen molar-refractivity contribution in [3.05, 3.63) is 0 Å². The van der Waals surface area contributed by atoms with Crippen molar-refractivity contribution in [1.29, 1.82) is 5.26 Å². The normalized spacial score (nSPS) is 11.0. The molecule has 0 amide bonds. The lowest BCUT2D eigenvalue weighted by molar-refractivity contribution is -0.149. The summed E-state index contributed by atoms with van der Waals surface area (Å²) in [5.74, 6) is -0.377. The molecule has 3 nitrogen and oxygen atoms in total. The van der Waals surface area contributed by atoms with E-state index in [2.05, 4.69) is 6.07 Å². The van der Waals surface area contributed by atoms with Crippen LogP contribution >= 0.6 is 0 Å². The number of hydrogen-bond donors (Lipinski definition) is 0. The molecular formula is C9H15NO2. The second-order valence-electron chi connectivity index (χ2n) is 3.76. The highest BCUT2D eigenvalue weighted by molar-refractivity contribution is 5.71. The van der Waals surface area contributed by atoms with Crippen LogP contribution < -0.4 is 0 Å². The Balaban J connectivity index is 3.86. The van der Waals surface area contributed by atoms with Gasteiger partial charge in [0.2, 0.25) is 0 Å². The van der Waals surface area contributed by atoms with Gasteiger partial charge in [0.15, 0.2) is 0 Å². The average Bonchev–Trinajstić information content (AvgIpc) is 2.00. The summed E-state index contributed by atoms with van der Waals surface area (Å²) in [7, 11) is 0. The van der Waals surface area contributed by atoms with Crippen molar-refractivity contribution in [2.45, 2.75) is 27.7 Å². The first-order valence-corrected chi connectivity index (χ1v) is 3.97. The second kappa shape index (κ2) is 4.10. The first kappa shape index (κ1) is 11.0. The summed E-state index contributed by atoms with van der Waals surface area (Å²) >= 11 is 0. The van der Waals surface area contributed by atoms with E-state index in [9.17, 15) is 4.79 Å². The van der Waals surface area contributed by atoms with Crippen molar-refractivity contribution in [2.24, 2.45) is 11.3 Å². The van der Waals surface area contributed by atoms with Gasteiger partial charge >= 0.3 is 5.97 Å². The number of rotatable bonds is 3. The zero-order valence-electron chi connectivity index (χ0n) is 8.05. The highest BCUT2D eigenvalue weighted by Crippen LogP contribution is 2.13. The molecule has 0 unspecified atom stereocenters. The number of esters is 1. The summed E-state index contributed by atoms with van der Waals surface area (Å²) < 4.78 is 4.90. The Morgan fingerprint density at radius 2 is 2.08 bits per heavy atom. The number of nitriles is 1. The van der Waals surface area contributed by atoms with Crippen molar-refractivity contribution >= 4 is 5.97 Å². The van der Waals surface area contributed by atoms with E-state index in [0.29, 0.717) is 0 Å². The average molecular weight is 169 g/mol. The maximum atomic E-state index is 11.0. The minimum absolute atomic E-state index is 0.125. The van der Waals surface area contributed by atoms with Gasteiger partial charge in [0.05, 0.1) is 17.4 Å². The molecule has 0 aliphatic carbocycles. The summed E-state index contributed by atoms with van der Waals surface area (Å²) in [6.45, 7) is 7.17. The highest BCUT2D eigenvalue weighted by atomic mass is 16.5. The van der Waals surface area contributed by atoms with Crippen molar-refractivity contribution < 1.29 is 9.53 Å². The van der Waals surface area contributed by atoms with E-state index in [0.717, 1.165) is 0 Å². The van der Waals surface area contributed by atoms with E-state index in [1.807, 2.05) is 0 Å². The molecule has 0 N–H and O–H groups in total.